The number of benzene rings is 2. The van der Waals surface area contributed by atoms with Crippen molar-refractivity contribution in [1.29, 1.82) is 0 Å². The zero-order chi connectivity index (χ0) is 24.6. The molecule has 0 saturated heterocycles. The van der Waals surface area contributed by atoms with Gasteiger partial charge in [0, 0.05) is 29.4 Å². The molecule has 9 nitrogen and oxygen atoms in total. The minimum atomic E-state index is -3.52. The summed E-state index contributed by atoms with van der Waals surface area (Å²) in [5, 5.41) is 3.58. The molecule has 0 spiro atoms. The van der Waals surface area contributed by atoms with Crippen molar-refractivity contribution in [2.75, 3.05) is 23.4 Å². The van der Waals surface area contributed by atoms with Gasteiger partial charge in [0.1, 0.15) is 23.0 Å². The maximum Gasteiger partial charge on any atom is 0.230 e. The summed E-state index contributed by atoms with van der Waals surface area (Å²) < 4.78 is 34.0. The molecule has 0 bridgehead atoms. The highest BCUT2D eigenvalue weighted by Gasteiger charge is 2.30. The van der Waals surface area contributed by atoms with Crippen LogP contribution in [0.4, 0.5) is 17.5 Å². The number of hydrogen-bond donors (Lipinski definition) is 2. The number of halogens is 1. The van der Waals surface area contributed by atoms with Crippen molar-refractivity contribution in [2.45, 2.75) is 18.8 Å². The van der Waals surface area contributed by atoms with Crippen molar-refractivity contribution < 1.29 is 13.2 Å². The van der Waals surface area contributed by atoms with E-state index in [0.717, 1.165) is 35.2 Å². The van der Waals surface area contributed by atoms with E-state index in [9.17, 15) is 8.42 Å². The number of anilines is 3. The minimum Gasteiger partial charge on any atom is -0.494 e. The van der Waals surface area contributed by atoms with Gasteiger partial charge in [0.2, 0.25) is 16.0 Å². The highest BCUT2D eigenvalue weighted by Crippen LogP contribution is 2.40. The molecule has 5 rings (SSSR count). The molecule has 1 aliphatic carbocycles. The summed E-state index contributed by atoms with van der Waals surface area (Å²) in [5.41, 5.74) is 4.20. The van der Waals surface area contributed by atoms with Crippen LogP contribution < -0.4 is 14.8 Å². The topological polar surface area (TPSA) is 111 Å². The SMILES string of the molecule is COc1cc(Nc2nc(NS(C)(=O)=O)c3c(n2)C(c2ccccc2)CC3)ccc1-n1cnc(Cl)c1. The Labute approximate surface area is 208 Å². The molecule has 2 aromatic heterocycles. The molecular formula is C24H23ClN6O3S. The van der Waals surface area contributed by atoms with Crippen molar-refractivity contribution in [3.05, 3.63) is 83.0 Å². The van der Waals surface area contributed by atoms with Gasteiger partial charge < -0.3 is 14.6 Å². The molecule has 2 heterocycles. The molecule has 0 amide bonds. The van der Waals surface area contributed by atoms with Gasteiger partial charge in [0.05, 0.1) is 24.7 Å². The first kappa shape index (κ1) is 23.1. The summed E-state index contributed by atoms with van der Waals surface area (Å²) in [6, 6.07) is 15.6. The molecule has 0 saturated carbocycles. The van der Waals surface area contributed by atoms with Gasteiger partial charge in [0.25, 0.3) is 0 Å². The second kappa shape index (κ2) is 9.20. The zero-order valence-electron chi connectivity index (χ0n) is 19.1. The minimum absolute atomic E-state index is 0.0535. The number of ether oxygens (including phenoxy) is 1. The Kier molecular flexibility index (Phi) is 6.08. The lowest BCUT2D eigenvalue weighted by molar-refractivity contribution is 0.413. The van der Waals surface area contributed by atoms with E-state index in [2.05, 4.69) is 32.1 Å². The Bertz CT molecular complexity index is 1490. The van der Waals surface area contributed by atoms with E-state index in [1.807, 2.05) is 30.3 Å². The van der Waals surface area contributed by atoms with Crippen LogP contribution in [0.1, 0.15) is 29.2 Å². The van der Waals surface area contributed by atoms with Crippen LogP contribution in [0.5, 0.6) is 5.75 Å². The van der Waals surface area contributed by atoms with Gasteiger partial charge >= 0.3 is 0 Å². The molecule has 11 heteroatoms. The van der Waals surface area contributed by atoms with E-state index in [-0.39, 0.29) is 5.92 Å². The Morgan fingerprint density at radius 1 is 1.14 bits per heavy atom. The maximum absolute atomic E-state index is 12.1. The molecule has 0 aliphatic heterocycles. The molecule has 35 heavy (non-hydrogen) atoms. The fourth-order valence-corrected chi connectivity index (χ4v) is 4.98. The van der Waals surface area contributed by atoms with Gasteiger partial charge in [-0.05, 0) is 30.5 Å². The number of nitrogens with zero attached hydrogens (tertiary/aromatic N) is 4. The van der Waals surface area contributed by atoms with Crippen molar-refractivity contribution in [1.82, 2.24) is 19.5 Å². The van der Waals surface area contributed by atoms with Gasteiger partial charge in [-0.2, -0.15) is 4.98 Å². The number of imidazole rings is 1. The number of rotatable bonds is 7. The van der Waals surface area contributed by atoms with Crippen molar-refractivity contribution in [3.63, 3.8) is 0 Å². The van der Waals surface area contributed by atoms with Crippen LogP contribution in [0.2, 0.25) is 5.15 Å². The van der Waals surface area contributed by atoms with Crippen LogP contribution in [-0.2, 0) is 16.4 Å². The average molecular weight is 511 g/mol. The quantitative estimate of drug-likeness (QED) is 0.376. The Morgan fingerprint density at radius 2 is 1.94 bits per heavy atom. The lowest BCUT2D eigenvalue weighted by Gasteiger charge is -2.16. The Balaban J connectivity index is 1.53. The summed E-state index contributed by atoms with van der Waals surface area (Å²) in [6.07, 6.45) is 5.91. The fraction of sp³-hybridized carbons (Fsp3) is 0.208. The monoisotopic (exact) mass is 510 g/mol. The Morgan fingerprint density at radius 3 is 2.63 bits per heavy atom. The van der Waals surface area contributed by atoms with E-state index in [1.165, 1.54) is 0 Å². The highest BCUT2D eigenvalue weighted by atomic mass is 35.5. The smallest absolute Gasteiger partial charge is 0.230 e. The summed E-state index contributed by atoms with van der Waals surface area (Å²) in [6.45, 7) is 0. The number of methoxy groups -OCH3 is 1. The third-order valence-electron chi connectivity index (χ3n) is 5.80. The maximum atomic E-state index is 12.1. The Hall–Kier alpha value is -3.63. The van der Waals surface area contributed by atoms with Crippen LogP contribution in [0.25, 0.3) is 5.69 Å². The first-order chi connectivity index (χ1) is 16.8. The van der Waals surface area contributed by atoms with Crippen LogP contribution in [-0.4, -0.2) is 41.3 Å². The molecule has 0 radical (unpaired) electrons. The highest BCUT2D eigenvalue weighted by molar-refractivity contribution is 7.92. The molecule has 1 aliphatic rings. The molecule has 2 N–H and O–H groups in total. The molecule has 0 fully saturated rings. The average Bonchev–Trinajstić information content (AvgIpc) is 3.45. The summed E-state index contributed by atoms with van der Waals surface area (Å²) in [4.78, 5) is 13.4. The second-order valence-corrected chi connectivity index (χ2v) is 10.4. The summed E-state index contributed by atoms with van der Waals surface area (Å²) in [7, 11) is -1.95. The van der Waals surface area contributed by atoms with E-state index in [0.29, 0.717) is 34.8 Å². The zero-order valence-corrected chi connectivity index (χ0v) is 20.6. The normalized spacial score (nSPS) is 15.0. The molecule has 4 aromatic rings. The molecule has 2 aromatic carbocycles. The first-order valence-corrected chi connectivity index (χ1v) is 13.2. The van der Waals surface area contributed by atoms with E-state index in [1.54, 1.807) is 30.3 Å². The summed E-state index contributed by atoms with van der Waals surface area (Å²) in [5.74, 6) is 1.23. The predicted octanol–water partition coefficient (Wildman–Crippen LogP) is 4.52. The van der Waals surface area contributed by atoms with E-state index in [4.69, 9.17) is 21.3 Å². The number of sulfonamides is 1. The van der Waals surface area contributed by atoms with Crippen molar-refractivity contribution in [3.8, 4) is 11.4 Å². The predicted molar refractivity (Wildman–Crippen MR) is 136 cm³/mol. The molecule has 180 valence electrons. The molecule has 1 unspecified atom stereocenters. The fourth-order valence-electron chi connectivity index (χ4n) is 4.32. The van der Waals surface area contributed by atoms with Crippen LogP contribution in [0.3, 0.4) is 0 Å². The van der Waals surface area contributed by atoms with Crippen LogP contribution in [0.15, 0.2) is 61.1 Å². The summed E-state index contributed by atoms with van der Waals surface area (Å²) >= 11 is 5.96. The number of hydrogen-bond acceptors (Lipinski definition) is 7. The van der Waals surface area contributed by atoms with Gasteiger partial charge in [0.15, 0.2) is 0 Å². The van der Waals surface area contributed by atoms with Crippen LogP contribution >= 0.6 is 11.6 Å². The standard InChI is InChI=1S/C24H23ClN6O3S/c1-34-20-12-16(8-11-19(20)31-13-21(25)26-14-31)27-24-28-22-17(15-6-4-3-5-7-15)9-10-18(22)23(29-24)30-35(2,32)33/h3-8,11-14,17H,9-10H2,1-2H3,(H2,27,28,29,30). The van der Waals surface area contributed by atoms with Gasteiger partial charge in [-0.25, -0.2) is 18.4 Å². The van der Waals surface area contributed by atoms with Crippen molar-refractivity contribution >= 4 is 39.1 Å². The third kappa shape index (κ3) is 4.94. The number of nitrogens with one attached hydrogen (secondary N) is 2. The van der Waals surface area contributed by atoms with Gasteiger partial charge in [-0.15, -0.1) is 0 Å². The van der Waals surface area contributed by atoms with Crippen molar-refractivity contribution in [2.24, 2.45) is 0 Å². The van der Waals surface area contributed by atoms with Crippen LogP contribution in [0, 0.1) is 0 Å². The van der Waals surface area contributed by atoms with Gasteiger partial charge in [-0.3, -0.25) is 4.72 Å². The largest absolute Gasteiger partial charge is 0.494 e. The lowest BCUT2D eigenvalue weighted by atomic mass is 9.97. The van der Waals surface area contributed by atoms with Gasteiger partial charge in [-0.1, -0.05) is 41.9 Å². The van der Waals surface area contributed by atoms with E-state index >= 15 is 0 Å². The molecular weight excluding hydrogens is 488 g/mol. The molecule has 1 atom stereocenters. The number of aromatic nitrogens is 4. The number of fused-ring (bicyclic) bond motifs is 1. The third-order valence-corrected chi connectivity index (χ3v) is 6.56. The lowest BCUT2D eigenvalue weighted by Crippen LogP contribution is -2.15. The van der Waals surface area contributed by atoms with E-state index < -0.39 is 10.0 Å². The second-order valence-electron chi connectivity index (χ2n) is 8.25. The first-order valence-electron chi connectivity index (χ1n) is 10.9.